The van der Waals surface area contributed by atoms with Crippen molar-refractivity contribution in [1.82, 2.24) is 15.0 Å². The molecule has 1 amide bonds. The lowest BCUT2D eigenvalue weighted by molar-refractivity contribution is 0.100. The fourth-order valence-corrected chi connectivity index (χ4v) is 3.37. The van der Waals surface area contributed by atoms with Crippen LogP contribution >= 0.6 is 11.3 Å². The van der Waals surface area contributed by atoms with E-state index in [1.165, 1.54) is 11.3 Å². The van der Waals surface area contributed by atoms with E-state index in [4.69, 9.17) is 5.73 Å². The lowest BCUT2D eigenvalue weighted by Crippen LogP contribution is -2.23. The Hall–Kier alpha value is -2.02. The number of carbonyl (C=O) groups is 1. The topological polar surface area (TPSA) is 85.0 Å². The Morgan fingerprint density at radius 3 is 3.00 bits per heavy atom. The molecule has 0 radical (unpaired) electrons. The predicted molar refractivity (Wildman–Crippen MR) is 76.7 cm³/mol. The van der Waals surface area contributed by atoms with Gasteiger partial charge in [0.25, 0.3) is 5.91 Å². The summed E-state index contributed by atoms with van der Waals surface area (Å²) < 4.78 is 0. The third kappa shape index (κ3) is 2.36. The highest BCUT2D eigenvalue weighted by Crippen LogP contribution is 2.36. The quantitative estimate of drug-likeness (QED) is 0.929. The zero-order valence-corrected chi connectivity index (χ0v) is 11.9. The number of aryl methyl sites for hydroxylation is 1. The maximum Gasteiger partial charge on any atom is 0.260 e. The number of amides is 1. The molecule has 0 bridgehead atoms. The molecule has 1 fully saturated rings. The maximum absolute atomic E-state index is 11.2. The first kappa shape index (κ1) is 13.0. The Morgan fingerprint density at radius 2 is 2.30 bits per heavy atom. The zero-order chi connectivity index (χ0) is 14.1. The molecule has 6 nitrogen and oxygen atoms in total. The molecule has 1 saturated heterocycles. The van der Waals surface area contributed by atoms with Gasteiger partial charge in [0.05, 0.1) is 12.2 Å². The summed E-state index contributed by atoms with van der Waals surface area (Å²) in [5, 5.41) is 0.924. The van der Waals surface area contributed by atoms with Crippen molar-refractivity contribution in [3.05, 3.63) is 34.2 Å². The summed E-state index contributed by atoms with van der Waals surface area (Å²) in [6.07, 6.45) is 5.23. The second kappa shape index (κ2) is 5.16. The summed E-state index contributed by atoms with van der Waals surface area (Å²) in [6, 6.07) is 2.14. The van der Waals surface area contributed by atoms with Crippen LogP contribution in [0.2, 0.25) is 0 Å². The van der Waals surface area contributed by atoms with Crippen LogP contribution in [0, 0.1) is 6.92 Å². The zero-order valence-electron chi connectivity index (χ0n) is 11.1. The minimum Gasteiger partial charge on any atom is -0.365 e. The Bertz CT molecular complexity index is 641. The Labute approximate surface area is 120 Å². The van der Waals surface area contributed by atoms with Crippen LogP contribution in [0.4, 0.5) is 5.82 Å². The smallest absolute Gasteiger partial charge is 0.260 e. The number of anilines is 1. The largest absolute Gasteiger partial charge is 0.365 e. The third-order valence-corrected chi connectivity index (χ3v) is 4.50. The SMILES string of the molecule is Cc1cc(N2CCC[C@@H]2c2ncc(C(N)=O)s2)ncn1. The van der Waals surface area contributed by atoms with Crippen molar-refractivity contribution < 1.29 is 4.79 Å². The van der Waals surface area contributed by atoms with Gasteiger partial charge in [0.15, 0.2) is 0 Å². The second-order valence-electron chi connectivity index (χ2n) is 4.80. The van der Waals surface area contributed by atoms with Crippen LogP contribution in [0.15, 0.2) is 18.6 Å². The van der Waals surface area contributed by atoms with E-state index in [1.807, 2.05) is 13.0 Å². The number of nitrogens with two attached hydrogens (primary N) is 1. The molecule has 0 unspecified atom stereocenters. The molecule has 2 aromatic heterocycles. The number of nitrogens with zero attached hydrogens (tertiary/aromatic N) is 4. The average Bonchev–Trinajstić information content (AvgIpc) is 3.07. The number of hydrogen-bond donors (Lipinski definition) is 1. The van der Waals surface area contributed by atoms with Crippen molar-refractivity contribution in [3.8, 4) is 0 Å². The van der Waals surface area contributed by atoms with Crippen LogP contribution in [0.25, 0.3) is 0 Å². The van der Waals surface area contributed by atoms with Crippen LogP contribution in [-0.2, 0) is 0 Å². The first-order chi connectivity index (χ1) is 9.65. The lowest BCUT2D eigenvalue weighted by Gasteiger charge is -2.24. The first-order valence-electron chi connectivity index (χ1n) is 6.46. The highest BCUT2D eigenvalue weighted by atomic mass is 32.1. The van der Waals surface area contributed by atoms with Crippen molar-refractivity contribution in [1.29, 1.82) is 0 Å². The molecule has 3 heterocycles. The van der Waals surface area contributed by atoms with E-state index in [0.29, 0.717) is 4.88 Å². The summed E-state index contributed by atoms with van der Waals surface area (Å²) in [6.45, 7) is 2.89. The molecular formula is C13H15N5OS. The van der Waals surface area contributed by atoms with E-state index in [0.717, 1.165) is 35.9 Å². The Morgan fingerprint density at radius 1 is 1.45 bits per heavy atom. The van der Waals surface area contributed by atoms with E-state index in [9.17, 15) is 4.79 Å². The van der Waals surface area contributed by atoms with Gasteiger partial charge in [-0.25, -0.2) is 15.0 Å². The number of thiazole rings is 1. The number of aromatic nitrogens is 3. The molecule has 1 aliphatic heterocycles. The summed E-state index contributed by atoms with van der Waals surface area (Å²) in [7, 11) is 0. The molecule has 7 heteroatoms. The Kier molecular flexibility index (Phi) is 3.35. The minimum atomic E-state index is -0.420. The van der Waals surface area contributed by atoms with Crippen molar-refractivity contribution >= 4 is 23.1 Å². The van der Waals surface area contributed by atoms with Gasteiger partial charge in [0.1, 0.15) is 22.0 Å². The van der Waals surface area contributed by atoms with Gasteiger partial charge in [-0.1, -0.05) is 0 Å². The number of primary amides is 1. The first-order valence-corrected chi connectivity index (χ1v) is 7.27. The molecule has 0 saturated carbocycles. The van der Waals surface area contributed by atoms with Gasteiger partial charge >= 0.3 is 0 Å². The lowest BCUT2D eigenvalue weighted by atomic mass is 10.2. The summed E-state index contributed by atoms with van der Waals surface area (Å²) in [5.74, 6) is 0.493. The van der Waals surface area contributed by atoms with Crippen LogP contribution in [0.3, 0.4) is 0 Å². The highest BCUT2D eigenvalue weighted by Gasteiger charge is 2.29. The normalized spacial score (nSPS) is 18.4. The highest BCUT2D eigenvalue weighted by molar-refractivity contribution is 7.13. The van der Waals surface area contributed by atoms with Gasteiger partial charge in [-0.05, 0) is 19.8 Å². The molecule has 0 aliphatic carbocycles. The molecular weight excluding hydrogens is 274 g/mol. The molecule has 20 heavy (non-hydrogen) atoms. The standard InChI is InChI=1S/C13H15N5OS/c1-8-5-11(17-7-16-8)18-4-2-3-9(18)13-15-6-10(20-13)12(14)19/h5-7,9H,2-4H2,1H3,(H2,14,19)/t9-/m1/s1. The second-order valence-corrected chi connectivity index (χ2v) is 5.86. The van der Waals surface area contributed by atoms with E-state index in [1.54, 1.807) is 12.5 Å². The molecule has 1 aliphatic rings. The van der Waals surface area contributed by atoms with E-state index in [-0.39, 0.29) is 6.04 Å². The van der Waals surface area contributed by atoms with E-state index >= 15 is 0 Å². The molecule has 0 aromatic carbocycles. The third-order valence-electron chi connectivity index (χ3n) is 3.39. The summed E-state index contributed by atoms with van der Waals surface area (Å²) >= 11 is 1.37. The molecule has 2 N–H and O–H groups in total. The minimum absolute atomic E-state index is 0.169. The van der Waals surface area contributed by atoms with Crippen LogP contribution in [0.1, 0.15) is 39.3 Å². The van der Waals surface area contributed by atoms with Gasteiger partial charge in [0, 0.05) is 18.3 Å². The van der Waals surface area contributed by atoms with Gasteiger partial charge in [0.2, 0.25) is 0 Å². The van der Waals surface area contributed by atoms with Crippen molar-refractivity contribution in [2.24, 2.45) is 5.73 Å². The maximum atomic E-state index is 11.2. The van der Waals surface area contributed by atoms with E-state index < -0.39 is 5.91 Å². The molecule has 0 spiro atoms. The fraction of sp³-hybridized carbons (Fsp3) is 0.385. The molecule has 2 aromatic rings. The average molecular weight is 289 g/mol. The van der Waals surface area contributed by atoms with Crippen LogP contribution < -0.4 is 10.6 Å². The molecule has 3 rings (SSSR count). The Balaban J connectivity index is 1.90. The van der Waals surface area contributed by atoms with Crippen molar-refractivity contribution in [3.63, 3.8) is 0 Å². The molecule has 104 valence electrons. The predicted octanol–water partition coefficient (Wildman–Crippen LogP) is 1.68. The number of rotatable bonds is 3. The number of carbonyl (C=O) groups excluding carboxylic acids is 1. The van der Waals surface area contributed by atoms with Gasteiger partial charge in [-0.3, -0.25) is 4.79 Å². The van der Waals surface area contributed by atoms with Crippen LogP contribution in [-0.4, -0.2) is 27.4 Å². The van der Waals surface area contributed by atoms with Gasteiger partial charge < -0.3 is 10.6 Å². The van der Waals surface area contributed by atoms with Crippen molar-refractivity contribution in [2.45, 2.75) is 25.8 Å². The number of hydrogen-bond acceptors (Lipinski definition) is 6. The monoisotopic (exact) mass is 289 g/mol. The van der Waals surface area contributed by atoms with E-state index in [2.05, 4.69) is 19.9 Å². The summed E-state index contributed by atoms with van der Waals surface area (Å²) in [4.78, 5) is 26.7. The summed E-state index contributed by atoms with van der Waals surface area (Å²) in [5.41, 5.74) is 6.23. The molecule has 1 atom stereocenters. The van der Waals surface area contributed by atoms with Crippen molar-refractivity contribution in [2.75, 3.05) is 11.4 Å². The fourth-order valence-electron chi connectivity index (χ4n) is 2.45. The van der Waals surface area contributed by atoms with Gasteiger partial charge in [-0.2, -0.15) is 0 Å². The van der Waals surface area contributed by atoms with Crippen LogP contribution in [0.5, 0.6) is 0 Å². The van der Waals surface area contributed by atoms with Gasteiger partial charge in [-0.15, -0.1) is 11.3 Å².